The van der Waals surface area contributed by atoms with E-state index in [0.29, 0.717) is 17.4 Å². The van der Waals surface area contributed by atoms with E-state index in [2.05, 4.69) is 12.2 Å². The summed E-state index contributed by atoms with van der Waals surface area (Å²) in [5.74, 6) is 0.911. The summed E-state index contributed by atoms with van der Waals surface area (Å²) in [5, 5.41) is 13.1. The standard InChI is InChI=1S/C16H24N2O3/c1-12-6-8-16(20,9-7-12)11-18-15(19)10-21-14-5-3-2-4-13(14)17/h2-5,12,20H,6-11,17H2,1H3,(H,18,19). The normalized spacial score (nSPS) is 25.3. The average molecular weight is 292 g/mol. The lowest BCUT2D eigenvalue weighted by Crippen LogP contribution is -2.46. The van der Waals surface area contributed by atoms with Gasteiger partial charge in [0.15, 0.2) is 6.61 Å². The molecule has 21 heavy (non-hydrogen) atoms. The zero-order chi connectivity index (χ0) is 15.3. The zero-order valence-corrected chi connectivity index (χ0v) is 12.5. The Bertz CT molecular complexity index is 482. The van der Waals surface area contributed by atoms with Crippen LogP contribution in [0.1, 0.15) is 32.6 Å². The van der Waals surface area contributed by atoms with E-state index >= 15 is 0 Å². The lowest BCUT2D eigenvalue weighted by molar-refractivity contribution is -0.124. The molecule has 1 aromatic rings. The maximum Gasteiger partial charge on any atom is 0.258 e. The molecule has 0 bridgehead atoms. The highest BCUT2D eigenvalue weighted by molar-refractivity contribution is 5.77. The quantitative estimate of drug-likeness (QED) is 0.721. The van der Waals surface area contributed by atoms with Gasteiger partial charge < -0.3 is 20.9 Å². The predicted octanol–water partition coefficient (Wildman–Crippen LogP) is 1.70. The molecule has 0 spiro atoms. The van der Waals surface area contributed by atoms with Crippen LogP contribution in [0.5, 0.6) is 5.75 Å². The summed E-state index contributed by atoms with van der Waals surface area (Å²) in [6.07, 6.45) is 3.48. The van der Waals surface area contributed by atoms with Gasteiger partial charge in [0, 0.05) is 6.54 Å². The highest BCUT2D eigenvalue weighted by Crippen LogP contribution is 2.31. The number of rotatable bonds is 5. The fourth-order valence-corrected chi connectivity index (χ4v) is 2.55. The minimum absolute atomic E-state index is 0.0965. The first kappa shape index (κ1) is 15.6. The second-order valence-corrected chi connectivity index (χ2v) is 6.01. The summed E-state index contributed by atoms with van der Waals surface area (Å²) >= 11 is 0. The van der Waals surface area contributed by atoms with Crippen LogP contribution in [0.4, 0.5) is 5.69 Å². The Labute approximate surface area is 125 Å². The third-order valence-electron chi connectivity index (χ3n) is 4.10. The van der Waals surface area contributed by atoms with E-state index in [1.54, 1.807) is 18.2 Å². The Morgan fingerprint density at radius 3 is 2.76 bits per heavy atom. The molecule has 4 N–H and O–H groups in total. The number of para-hydroxylation sites is 2. The summed E-state index contributed by atoms with van der Waals surface area (Å²) in [4.78, 5) is 11.8. The van der Waals surface area contributed by atoms with Crippen molar-refractivity contribution in [3.63, 3.8) is 0 Å². The monoisotopic (exact) mass is 292 g/mol. The first-order valence-corrected chi connectivity index (χ1v) is 7.45. The van der Waals surface area contributed by atoms with Crippen LogP contribution in [0, 0.1) is 5.92 Å². The van der Waals surface area contributed by atoms with Crippen molar-refractivity contribution < 1.29 is 14.6 Å². The van der Waals surface area contributed by atoms with E-state index < -0.39 is 5.60 Å². The van der Waals surface area contributed by atoms with Crippen LogP contribution in [-0.4, -0.2) is 29.8 Å². The number of hydrogen-bond donors (Lipinski definition) is 3. The number of nitrogens with two attached hydrogens (primary N) is 1. The molecule has 1 aromatic carbocycles. The van der Waals surface area contributed by atoms with E-state index in [1.165, 1.54) is 0 Å². The Balaban J connectivity index is 1.74. The zero-order valence-electron chi connectivity index (χ0n) is 12.5. The molecule has 1 saturated carbocycles. The number of aliphatic hydroxyl groups is 1. The molecule has 0 unspecified atom stereocenters. The molecule has 116 valence electrons. The van der Waals surface area contributed by atoms with Crippen molar-refractivity contribution in [2.45, 2.75) is 38.2 Å². The molecule has 1 aliphatic carbocycles. The summed E-state index contributed by atoms with van der Waals surface area (Å²) < 4.78 is 5.37. The number of benzene rings is 1. The van der Waals surface area contributed by atoms with Gasteiger partial charge in [0.05, 0.1) is 11.3 Å². The van der Waals surface area contributed by atoms with Crippen LogP contribution in [-0.2, 0) is 4.79 Å². The number of carbonyl (C=O) groups is 1. The Morgan fingerprint density at radius 1 is 1.43 bits per heavy atom. The van der Waals surface area contributed by atoms with Gasteiger partial charge in [-0.15, -0.1) is 0 Å². The number of amides is 1. The minimum Gasteiger partial charge on any atom is -0.482 e. The van der Waals surface area contributed by atoms with Crippen LogP contribution >= 0.6 is 0 Å². The van der Waals surface area contributed by atoms with Crippen molar-refractivity contribution in [2.75, 3.05) is 18.9 Å². The highest BCUT2D eigenvalue weighted by atomic mass is 16.5. The maximum absolute atomic E-state index is 11.8. The van der Waals surface area contributed by atoms with Gasteiger partial charge in [-0.05, 0) is 43.7 Å². The number of carbonyl (C=O) groups excluding carboxylic acids is 1. The highest BCUT2D eigenvalue weighted by Gasteiger charge is 2.31. The minimum atomic E-state index is -0.770. The SMILES string of the molecule is CC1CCC(O)(CNC(=O)COc2ccccc2N)CC1. The largest absolute Gasteiger partial charge is 0.482 e. The first-order chi connectivity index (χ1) is 9.98. The van der Waals surface area contributed by atoms with Crippen LogP contribution in [0.25, 0.3) is 0 Å². The van der Waals surface area contributed by atoms with Crippen LogP contribution in [0.3, 0.4) is 0 Å². The van der Waals surface area contributed by atoms with Gasteiger partial charge in [0.1, 0.15) is 5.75 Å². The second kappa shape index (κ2) is 6.80. The molecule has 1 aliphatic rings. The molecule has 1 fully saturated rings. The average Bonchev–Trinajstić information content (AvgIpc) is 2.48. The number of hydrogen-bond acceptors (Lipinski definition) is 4. The molecule has 0 radical (unpaired) electrons. The molecular formula is C16H24N2O3. The maximum atomic E-state index is 11.8. The molecule has 0 heterocycles. The van der Waals surface area contributed by atoms with Gasteiger partial charge in [0.2, 0.25) is 0 Å². The number of anilines is 1. The van der Waals surface area contributed by atoms with Crippen LogP contribution in [0.15, 0.2) is 24.3 Å². The van der Waals surface area contributed by atoms with Crippen molar-refractivity contribution in [3.8, 4) is 5.75 Å². The molecule has 5 heteroatoms. The molecule has 0 saturated heterocycles. The smallest absolute Gasteiger partial charge is 0.258 e. The van der Waals surface area contributed by atoms with E-state index in [1.807, 2.05) is 6.07 Å². The van der Waals surface area contributed by atoms with E-state index in [4.69, 9.17) is 10.5 Å². The van der Waals surface area contributed by atoms with Crippen molar-refractivity contribution >= 4 is 11.6 Å². The number of nitrogens with one attached hydrogen (secondary N) is 1. The topological polar surface area (TPSA) is 84.6 Å². The van der Waals surface area contributed by atoms with Gasteiger partial charge in [0.25, 0.3) is 5.91 Å². The summed E-state index contributed by atoms with van der Waals surface area (Å²) in [6.45, 7) is 2.38. The van der Waals surface area contributed by atoms with Gasteiger partial charge in [-0.2, -0.15) is 0 Å². The summed E-state index contributed by atoms with van der Waals surface area (Å²) in [7, 11) is 0. The van der Waals surface area contributed by atoms with Crippen LogP contribution < -0.4 is 15.8 Å². The lowest BCUT2D eigenvalue weighted by Gasteiger charge is -2.34. The van der Waals surface area contributed by atoms with E-state index in [0.717, 1.165) is 25.7 Å². The van der Waals surface area contributed by atoms with Gasteiger partial charge in [-0.3, -0.25) is 4.79 Å². The molecule has 2 rings (SSSR count). The summed E-state index contributed by atoms with van der Waals surface area (Å²) in [6, 6.07) is 7.05. The van der Waals surface area contributed by atoms with Crippen molar-refractivity contribution in [3.05, 3.63) is 24.3 Å². The molecule has 0 aromatic heterocycles. The Hall–Kier alpha value is -1.75. The number of nitrogen functional groups attached to an aromatic ring is 1. The van der Waals surface area contributed by atoms with Crippen molar-refractivity contribution in [2.24, 2.45) is 5.92 Å². The van der Waals surface area contributed by atoms with E-state index in [-0.39, 0.29) is 19.1 Å². The first-order valence-electron chi connectivity index (χ1n) is 7.45. The Kier molecular flexibility index (Phi) is 5.07. The molecule has 1 amide bonds. The van der Waals surface area contributed by atoms with Gasteiger partial charge >= 0.3 is 0 Å². The molecule has 0 atom stereocenters. The van der Waals surface area contributed by atoms with E-state index in [9.17, 15) is 9.90 Å². The van der Waals surface area contributed by atoms with Gasteiger partial charge in [-0.25, -0.2) is 0 Å². The molecule has 0 aliphatic heterocycles. The molecular weight excluding hydrogens is 268 g/mol. The fourth-order valence-electron chi connectivity index (χ4n) is 2.55. The third-order valence-corrected chi connectivity index (χ3v) is 4.10. The van der Waals surface area contributed by atoms with Crippen molar-refractivity contribution in [1.82, 2.24) is 5.32 Å². The second-order valence-electron chi connectivity index (χ2n) is 6.01. The van der Waals surface area contributed by atoms with Crippen LogP contribution in [0.2, 0.25) is 0 Å². The lowest BCUT2D eigenvalue weighted by atomic mass is 9.79. The third kappa shape index (κ3) is 4.63. The number of ether oxygens (including phenoxy) is 1. The Morgan fingerprint density at radius 2 is 2.10 bits per heavy atom. The molecule has 5 nitrogen and oxygen atoms in total. The summed E-state index contributed by atoms with van der Waals surface area (Å²) in [5.41, 5.74) is 5.47. The van der Waals surface area contributed by atoms with Gasteiger partial charge in [-0.1, -0.05) is 19.1 Å². The fraction of sp³-hybridized carbons (Fsp3) is 0.562. The predicted molar refractivity (Wildman–Crippen MR) is 81.9 cm³/mol. The van der Waals surface area contributed by atoms with Crippen molar-refractivity contribution in [1.29, 1.82) is 0 Å².